The molecular weight excluding hydrogens is 526 g/mol. The van der Waals surface area contributed by atoms with Crippen LogP contribution < -0.4 is 15.1 Å². The summed E-state index contributed by atoms with van der Waals surface area (Å²) in [5, 5.41) is 2.83. The van der Waals surface area contributed by atoms with Gasteiger partial charge in [-0.1, -0.05) is 37.3 Å². The van der Waals surface area contributed by atoms with Crippen LogP contribution in [0.15, 0.2) is 72.8 Å². The molecule has 1 amide bonds. The highest BCUT2D eigenvalue weighted by molar-refractivity contribution is 6.47. The van der Waals surface area contributed by atoms with Crippen molar-refractivity contribution in [3.05, 3.63) is 95.4 Å². The molecule has 8 nitrogen and oxygen atoms in total. The molecule has 42 heavy (non-hydrogen) atoms. The lowest BCUT2D eigenvalue weighted by Gasteiger charge is -2.37. The number of carbonyl (C=O) groups is 2. The first-order chi connectivity index (χ1) is 20.4. The van der Waals surface area contributed by atoms with E-state index >= 15 is 0 Å². The zero-order valence-electron chi connectivity index (χ0n) is 24.9. The van der Waals surface area contributed by atoms with E-state index < -0.39 is 11.7 Å². The largest absolute Gasteiger partial charge is 0.383 e. The van der Waals surface area contributed by atoms with Crippen LogP contribution in [0.25, 0.3) is 11.1 Å². The Bertz CT molecular complexity index is 1520. The Morgan fingerprint density at radius 1 is 0.905 bits per heavy atom. The standard InChI is InChI=1S/C34H39N5O3/c1-5-28-23-30(26-9-7-6-8-10-26)32(39(28)19-20-42-4)33(40)34(41)36-27-11-13-29(14-12-27)37-15-17-38(18-16-37)31-22-24(2)21-25(3)35-31/h6-14,21-23H,5,15-20H2,1-4H3,(H,36,41). The Morgan fingerprint density at radius 3 is 2.24 bits per heavy atom. The third-order valence-corrected chi connectivity index (χ3v) is 7.75. The molecule has 4 aromatic rings. The molecule has 3 heterocycles. The molecule has 5 rings (SSSR count). The van der Waals surface area contributed by atoms with Gasteiger partial charge in [-0.2, -0.15) is 0 Å². The average molecular weight is 566 g/mol. The molecule has 0 bridgehead atoms. The van der Waals surface area contributed by atoms with Gasteiger partial charge < -0.3 is 24.4 Å². The number of piperazine rings is 1. The predicted molar refractivity (Wildman–Crippen MR) is 169 cm³/mol. The lowest BCUT2D eigenvalue weighted by molar-refractivity contribution is -0.112. The van der Waals surface area contributed by atoms with Gasteiger partial charge >= 0.3 is 0 Å². The van der Waals surface area contributed by atoms with Crippen molar-refractivity contribution in [1.82, 2.24) is 9.55 Å². The molecule has 1 saturated heterocycles. The predicted octanol–water partition coefficient (Wildman–Crippen LogP) is 5.52. The number of nitrogens with one attached hydrogen (secondary N) is 1. The van der Waals surface area contributed by atoms with Crippen LogP contribution in [0.1, 0.15) is 34.4 Å². The minimum Gasteiger partial charge on any atom is -0.383 e. The lowest BCUT2D eigenvalue weighted by atomic mass is 10.0. The fraction of sp³-hybridized carbons (Fsp3) is 0.324. The number of amides is 1. The fourth-order valence-corrected chi connectivity index (χ4v) is 5.64. The van der Waals surface area contributed by atoms with Gasteiger partial charge in [-0.25, -0.2) is 4.98 Å². The van der Waals surface area contributed by atoms with E-state index in [9.17, 15) is 9.59 Å². The molecule has 2 aromatic heterocycles. The molecule has 0 saturated carbocycles. The van der Waals surface area contributed by atoms with Crippen LogP contribution in [0.5, 0.6) is 0 Å². The van der Waals surface area contributed by atoms with E-state index in [0.29, 0.717) is 24.5 Å². The Balaban J connectivity index is 1.28. The Kier molecular flexibility index (Phi) is 9.03. The van der Waals surface area contributed by atoms with E-state index in [1.807, 2.05) is 79.1 Å². The van der Waals surface area contributed by atoms with Gasteiger partial charge in [0.2, 0.25) is 0 Å². The smallest absolute Gasteiger partial charge is 0.298 e. The summed E-state index contributed by atoms with van der Waals surface area (Å²) in [5.74, 6) is -0.191. The van der Waals surface area contributed by atoms with Gasteiger partial charge in [0.15, 0.2) is 0 Å². The first-order valence-corrected chi connectivity index (χ1v) is 14.6. The number of anilines is 3. The molecule has 1 aliphatic rings. The topological polar surface area (TPSA) is 79.7 Å². The average Bonchev–Trinajstić information content (AvgIpc) is 3.38. The van der Waals surface area contributed by atoms with Crippen LogP contribution in [0.3, 0.4) is 0 Å². The lowest BCUT2D eigenvalue weighted by Crippen LogP contribution is -2.46. The van der Waals surface area contributed by atoms with Crippen molar-refractivity contribution >= 4 is 28.9 Å². The number of nitrogens with zero attached hydrogens (tertiary/aromatic N) is 4. The van der Waals surface area contributed by atoms with E-state index in [-0.39, 0.29) is 0 Å². The number of carbonyl (C=O) groups excluding carboxylic acids is 2. The molecule has 0 aliphatic carbocycles. The van der Waals surface area contributed by atoms with Crippen molar-refractivity contribution in [2.75, 3.05) is 55.0 Å². The van der Waals surface area contributed by atoms with Crippen LogP contribution in [-0.4, -0.2) is 61.1 Å². The highest BCUT2D eigenvalue weighted by Gasteiger charge is 2.27. The number of hydrogen-bond acceptors (Lipinski definition) is 6. The summed E-state index contributed by atoms with van der Waals surface area (Å²) >= 11 is 0. The molecule has 1 aliphatic heterocycles. The number of Topliss-reactive ketones (excluding diaryl/α,β-unsaturated/α-hetero) is 1. The van der Waals surface area contributed by atoms with Gasteiger partial charge in [-0.05, 0) is 73.9 Å². The van der Waals surface area contributed by atoms with E-state index in [0.717, 1.165) is 66.6 Å². The number of pyridine rings is 1. The number of methoxy groups -OCH3 is 1. The van der Waals surface area contributed by atoms with Gasteiger partial charge in [0.05, 0.1) is 6.61 Å². The minimum atomic E-state index is -0.658. The highest BCUT2D eigenvalue weighted by Crippen LogP contribution is 2.29. The molecule has 0 radical (unpaired) electrons. The summed E-state index contributed by atoms with van der Waals surface area (Å²) < 4.78 is 7.23. The first-order valence-electron chi connectivity index (χ1n) is 14.6. The minimum absolute atomic E-state index is 0.389. The highest BCUT2D eigenvalue weighted by atomic mass is 16.5. The monoisotopic (exact) mass is 565 g/mol. The quantitative estimate of drug-likeness (QED) is 0.201. The molecule has 0 spiro atoms. The SMILES string of the molecule is CCc1cc(-c2ccccc2)c(C(=O)C(=O)Nc2ccc(N3CCN(c4cc(C)cc(C)n4)CC3)cc2)n1CCOC. The maximum Gasteiger partial charge on any atom is 0.298 e. The second-order valence-electron chi connectivity index (χ2n) is 10.7. The number of ether oxygens (including phenoxy) is 1. The van der Waals surface area contributed by atoms with Crippen LogP contribution in [0, 0.1) is 13.8 Å². The van der Waals surface area contributed by atoms with Crippen LogP contribution in [-0.2, 0) is 22.5 Å². The Morgan fingerprint density at radius 2 is 1.60 bits per heavy atom. The fourth-order valence-electron chi connectivity index (χ4n) is 5.64. The van der Waals surface area contributed by atoms with E-state index in [1.165, 1.54) is 5.56 Å². The van der Waals surface area contributed by atoms with Crippen molar-refractivity contribution in [3.63, 3.8) is 0 Å². The molecule has 218 valence electrons. The second kappa shape index (κ2) is 13.0. The van der Waals surface area contributed by atoms with Crippen molar-refractivity contribution in [2.45, 2.75) is 33.7 Å². The maximum absolute atomic E-state index is 13.7. The molecular formula is C34H39N5O3. The van der Waals surface area contributed by atoms with E-state index in [1.54, 1.807) is 7.11 Å². The van der Waals surface area contributed by atoms with Crippen LogP contribution >= 0.6 is 0 Å². The van der Waals surface area contributed by atoms with E-state index in [4.69, 9.17) is 9.72 Å². The van der Waals surface area contributed by atoms with Crippen molar-refractivity contribution in [2.24, 2.45) is 0 Å². The van der Waals surface area contributed by atoms with Gasteiger partial charge in [0.25, 0.3) is 11.7 Å². The maximum atomic E-state index is 13.7. The normalized spacial score (nSPS) is 13.3. The summed E-state index contributed by atoms with van der Waals surface area (Å²) in [7, 11) is 1.63. The number of aromatic nitrogens is 2. The molecule has 1 fully saturated rings. The third kappa shape index (κ3) is 6.39. The Labute approximate surface area is 247 Å². The summed E-state index contributed by atoms with van der Waals surface area (Å²) in [6.07, 6.45) is 0.731. The number of benzene rings is 2. The summed E-state index contributed by atoms with van der Waals surface area (Å²) in [5.41, 5.74) is 6.96. The van der Waals surface area contributed by atoms with E-state index in [2.05, 4.69) is 34.2 Å². The second-order valence-corrected chi connectivity index (χ2v) is 10.7. The number of ketones is 1. The van der Waals surface area contributed by atoms with Gasteiger partial charge in [-0.3, -0.25) is 9.59 Å². The van der Waals surface area contributed by atoms with Crippen molar-refractivity contribution in [1.29, 1.82) is 0 Å². The van der Waals surface area contributed by atoms with Gasteiger partial charge in [-0.15, -0.1) is 0 Å². The zero-order chi connectivity index (χ0) is 29.6. The zero-order valence-corrected chi connectivity index (χ0v) is 24.9. The summed E-state index contributed by atoms with van der Waals surface area (Å²) in [6.45, 7) is 10.6. The molecule has 0 atom stereocenters. The third-order valence-electron chi connectivity index (χ3n) is 7.75. The van der Waals surface area contributed by atoms with Crippen LogP contribution in [0.2, 0.25) is 0 Å². The van der Waals surface area contributed by atoms with Gasteiger partial charge in [0, 0.05) is 68.2 Å². The molecule has 2 aromatic carbocycles. The van der Waals surface area contributed by atoms with Crippen molar-refractivity contribution in [3.8, 4) is 11.1 Å². The number of aryl methyl sites for hydroxylation is 3. The Hall–Kier alpha value is -4.43. The van der Waals surface area contributed by atoms with Crippen LogP contribution in [0.4, 0.5) is 17.2 Å². The van der Waals surface area contributed by atoms with Gasteiger partial charge in [0.1, 0.15) is 11.5 Å². The number of rotatable bonds is 10. The summed E-state index contributed by atoms with van der Waals surface area (Å²) in [6, 6.07) is 23.7. The number of hydrogen-bond donors (Lipinski definition) is 1. The molecule has 1 N–H and O–H groups in total. The summed E-state index contributed by atoms with van der Waals surface area (Å²) in [4.78, 5) is 36.3. The first kappa shape index (κ1) is 29.1. The van der Waals surface area contributed by atoms with Crippen molar-refractivity contribution < 1.29 is 14.3 Å². The molecule has 0 unspecified atom stereocenters. The molecule has 8 heteroatoms.